The van der Waals surface area contributed by atoms with Gasteiger partial charge in [-0.2, -0.15) is 0 Å². The van der Waals surface area contributed by atoms with Crippen molar-refractivity contribution in [2.75, 3.05) is 19.3 Å². The standard InChI is InChI=1S/C31H25F6NO5S.C29H23F6NO3/c1-44(40,41)27-15-5-10-22(16-27)28(39)38-20-29(19-21-8-3-2-4-9-21,23-11-6-13-25(17-23)42-30(32,33)34)24-12-7-14-26(18-24)43-31(35,36)37;1-2-26(14-15-26)25(37)36-19-27(18-20-8-4-3-5-9-20,21-10-6-12-23(16-21)38-28(30,31)32)22-11-7-13-24(17-22)39-29(33,34)35/h2-18H,19-20H2,1H3,(H,38,39);1,3-13,16-17H,14-15,18-19H2,(H,36,37). The summed E-state index contributed by atoms with van der Waals surface area (Å²) in [4.78, 5) is 26.3. The summed E-state index contributed by atoms with van der Waals surface area (Å²) < 4.78 is 198. The van der Waals surface area contributed by atoms with Gasteiger partial charge in [-0.1, -0.05) is 121 Å². The van der Waals surface area contributed by atoms with Crippen LogP contribution in [-0.2, 0) is 38.3 Å². The number of carbonyl (C=O) groups excluding carboxylic acids is 2. The van der Waals surface area contributed by atoms with Crippen molar-refractivity contribution in [3.05, 3.63) is 221 Å². The van der Waals surface area contributed by atoms with Crippen LogP contribution in [0.4, 0.5) is 52.7 Å². The first-order valence-electron chi connectivity index (χ1n) is 24.8. The van der Waals surface area contributed by atoms with Gasteiger partial charge in [0.25, 0.3) is 5.91 Å². The summed E-state index contributed by atoms with van der Waals surface area (Å²) in [6.07, 6.45) is -12.4. The molecule has 2 amide bonds. The maximum Gasteiger partial charge on any atom is 0.573 e. The van der Waals surface area contributed by atoms with Crippen LogP contribution in [0.5, 0.6) is 23.0 Å². The van der Waals surface area contributed by atoms with Crippen LogP contribution in [-0.4, -0.2) is 65.0 Å². The Hall–Kier alpha value is -8.65. The van der Waals surface area contributed by atoms with E-state index in [2.05, 4.69) is 35.5 Å². The fraction of sp³-hybridized carbons (Fsp3) is 0.233. The van der Waals surface area contributed by atoms with Crippen LogP contribution in [0.2, 0.25) is 0 Å². The van der Waals surface area contributed by atoms with E-state index in [0.717, 1.165) is 54.8 Å². The molecule has 83 heavy (non-hydrogen) atoms. The number of hydrogen-bond acceptors (Lipinski definition) is 8. The van der Waals surface area contributed by atoms with E-state index in [0.29, 0.717) is 24.0 Å². The normalized spacial score (nSPS) is 13.5. The second-order valence-electron chi connectivity index (χ2n) is 19.2. The lowest BCUT2D eigenvalue weighted by Gasteiger charge is -2.36. The van der Waals surface area contributed by atoms with E-state index in [1.54, 1.807) is 60.7 Å². The van der Waals surface area contributed by atoms with Crippen LogP contribution < -0.4 is 29.6 Å². The lowest BCUT2D eigenvalue weighted by Crippen LogP contribution is -2.45. The van der Waals surface area contributed by atoms with Crippen molar-refractivity contribution in [1.82, 2.24) is 10.6 Å². The van der Waals surface area contributed by atoms with Gasteiger partial charge < -0.3 is 29.6 Å². The number of terminal acetylenes is 1. The third kappa shape index (κ3) is 17.2. The molecule has 0 radical (unpaired) electrons. The second-order valence-corrected chi connectivity index (χ2v) is 21.2. The van der Waals surface area contributed by atoms with Gasteiger partial charge in [0.1, 0.15) is 28.4 Å². The SMILES string of the molecule is C#CC1(C(=O)NCC(Cc2ccccc2)(c2cccc(OC(F)(F)F)c2)c2cccc(OC(F)(F)F)c2)CC1.CS(=O)(=O)c1cccc(C(=O)NCC(Cc2ccccc2)(c2cccc(OC(F)(F)F)c2)c2cccc(OC(F)(F)F)c2)c1. The maximum atomic E-state index is 13.3. The van der Waals surface area contributed by atoms with Crippen LogP contribution in [0.15, 0.2) is 187 Å². The molecule has 0 aliphatic heterocycles. The van der Waals surface area contributed by atoms with Crippen molar-refractivity contribution in [3.8, 4) is 35.3 Å². The number of halogens is 12. The molecule has 1 fully saturated rings. The van der Waals surface area contributed by atoms with Gasteiger partial charge in [0.2, 0.25) is 5.91 Å². The van der Waals surface area contributed by atoms with Crippen LogP contribution in [0, 0.1) is 17.8 Å². The zero-order valence-electron chi connectivity index (χ0n) is 43.4. The number of alkyl halides is 12. The number of carbonyl (C=O) groups is 2. The maximum absolute atomic E-state index is 13.3. The molecule has 8 rings (SSSR count). The fourth-order valence-electron chi connectivity index (χ4n) is 9.29. The Kier molecular flexibility index (Phi) is 18.5. The van der Waals surface area contributed by atoms with E-state index in [1.807, 2.05) is 0 Å². The first-order valence-corrected chi connectivity index (χ1v) is 26.6. The van der Waals surface area contributed by atoms with Gasteiger partial charge in [-0.3, -0.25) is 9.59 Å². The first kappa shape index (κ1) is 62.0. The molecule has 23 heteroatoms. The summed E-state index contributed by atoms with van der Waals surface area (Å²) in [5, 5.41) is 5.53. The second kappa shape index (κ2) is 24.8. The summed E-state index contributed by atoms with van der Waals surface area (Å²) in [7, 11) is -3.66. The van der Waals surface area contributed by atoms with E-state index in [9.17, 15) is 70.7 Å². The van der Waals surface area contributed by atoms with Crippen molar-refractivity contribution in [2.45, 2.75) is 66.9 Å². The number of sulfone groups is 1. The minimum atomic E-state index is -5.03. The molecule has 0 aromatic heterocycles. The number of ether oxygens (including phenoxy) is 4. The fourth-order valence-corrected chi connectivity index (χ4v) is 9.96. The number of hydrogen-bond donors (Lipinski definition) is 2. The van der Waals surface area contributed by atoms with Crippen molar-refractivity contribution in [2.24, 2.45) is 5.41 Å². The predicted octanol–water partition coefficient (Wildman–Crippen LogP) is 13.4. The smallest absolute Gasteiger partial charge is 0.406 e. The van der Waals surface area contributed by atoms with Crippen LogP contribution in [0.3, 0.4) is 0 Å². The molecule has 0 heterocycles. The molecule has 0 saturated heterocycles. The summed E-state index contributed by atoms with van der Waals surface area (Å²) in [5.41, 5.74) is -1.59. The summed E-state index contributed by atoms with van der Waals surface area (Å²) in [5.74, 6) is -0.877. The van der Waals surface area contributed by atoms with Crippen LogP contribution in [0.1, 0.15) is 56.6 Å². The Morgan fingerprint density at radius 3 is 1.13 bits per heavy atom. The van der Waals surface area contributed by atoms with Gasteiger partial charge in [-0.05, 0) is 126 Å². The lowest BCUT2D eigenvalue weighted by atomic mass is 9.70. The quantitative estimate of drug-likeness (QED) is 0.0605. The molecular weight excluding hydrogens is 1140 g/mol. The van der Waals surface area contributed by atoms with E-state index < -0.39 is 86.3 Å². The monoisotopic (exact) mass is 1180 g/mol. The number of benzene rings is 7. The number of rotatable bonds is 19. The summed E-state index contributed by atoms with van der Waals surface area (Å²) in [6.45, 7) is -0.524. The van der Waals surface area contributed by atoms with Gasteiger partial charge in [-0.15, -0.1) is 59.1 Å². The molecule has 1 saturated carbocycles. The average molecular weight is 1190 g/mol. The number of amides is 2. The van der Waals surface area contributed by atoms with Crippen molar-refractivity contribution in [1.29, 1.82) is 0 Å². The average Bonchev–Trinajstić information content (AvgIpc) is 2.57. The predicted molar refractivity (Wildman–Crippen MR) is 280 cm³/mol. The first-order chi connectivity index (χ1) is 38.9. The Balaban J connectivity index is 0.000000240. The Labute approximate surface area is 468 Å². The van der Waals surface area contributed by atoms with E-state index in [-0.39, 0.29) is 58.6 Å². The molecule has 7 aromatic rings. The minimum Gasteiger partial charge on any atom is -0.406 e. The largest absolute Gasteiger partial charge is 0.573 e. The van der Waals surface area contributed by atoms with E-state index in [1.165, 1.54) is 72.8 Å². The third-order valence-electron chi connectivity index (χ3n) is 13.3. The van der Waals surface area contributed by atoms with Crippen molar-refractivity contribution >= 4 is 21.7 Å². The molecule has 2 N–H and O–H groups in total. The van der Waals surface area contributed by atoms with Gasteiger partial charge in [-0.25, -0.2) is 8.42 Å². The van der Waals surface area contributed by atoms with Gasteiger partial charge >= 0.3 is 25.4 Å². The molecule has 0 bridgehead atoms. The van der Waals surface area contributed by atoms with Crippen molar-refractivity contribution in [3.63, 3.8) is 0 Å². The molecule has 10 nitrogen and oxygen atoms in total. The minimum absolute atomic E-state index is 0.00242. The zero-order valence-corrected chi connectivity index (χ0v) is 44.2. The topological polar surface area (TPSA) is 129 Å². The molecule has 0 spiro atoms. The van der Waals surface area contributed by atoms with Gasteiger partial charge in [0.05, 0.1) is 4.90 Å². The molecule has 1 aliphatic rings. The number of nitrogens with one attached hydrogen (secondary N) is 2. The Morgan fingerprint density at radius 1 is 0.482 bits per heavy atom. The molecule has 436 valence electrons. The van der Waals surface area contributed by atoms with Crippen LogP contribution in [0.25, 0.3) is 0 Å². The highest BCUT2D eigenvalue weighted by Gasteiger charge is 2.49. The van der Waals surface area contributed by atoms with Gasteiger partial charge in [0, 0.05) is 35.7 Å². The van der Waals surface area contributed by atoms with E-state index in [4.69, 9.17) is 6.42 Å². The van der Waals surface area contributed by atoms with Crippen LogP contribution >= 0.6 is 0 Å². The summed E-state index contributed by atoms with van der Waals surface area (Å²) in [6, 6.07) is 42.8. The Bertz CT molecular complexity index is 3430. The molecular formula is C60H48F12N2O8S. The van der Waals surface area contributed by atoms with Crippen molar-refractivity contribution < 1.29 is 89.6 Å². The molecule has 0 unspecified atom stereocenters. The molecule has 0 atom stereocenters. The Morgan fingerprint density at radius 2 is 0.819 bits per heavy atom. The zero-order chi connectivity index (χ0) is 60.5. The van der Waals surface area contributed by atoms with E-state index >= 15 is 0 Å². The molecule has 1 aliphatic carbocycles. The highest BCUT2D eigenvalue weighted by atomic mass is 32.2. The highest BCUT2D eigenvalue weighted by Crippen LogP contribution is 2.46. The summed E-state index contributed by atoms with van der Waals surface area (Å²) >= 11 is 0. The third-order valence-corrected chi connectivity index (χ3v) is 14.4. The molecule has 7 aromatic carbocycles. The lowest BCUT2D eigenvalue weighted by molar-refractivity contribution is -0.275. The highest BCUT2D eigenvalue weighted by molar-refractivity contribution is 7.90. The van der Waals surface area contributed by atoms with Gasteiger partial charge in [0.15, 0.2) is 9.84 Å².